The van der Waals surface area contributed by atoms with Crippen molar-refractivity contribution in [2.45, 2.75) is 6.92 Å². The molecule has 2 aromatic rings. The van der Waals surface area contributed by atoms with Crippen molar-refractivity contribution in [1.82, 2.24) is 9.55 Å². The fourth-order valence-electron chi connectivity index (χ4n) is 2.56. The van der Waals surface area contributed by atoms with E-state index in [9.17, 15) is 14.4 Å². The number of allylic oxidation sites excluding steroid dienone is 2. The number of fused-ring (bicyclic) bond motifs is 1. The molecule has 2 aromatic heterocycles. The van der Waals surface area contributed by atoms with Crippen LogP contribution < -0.4 is 0 Å². The molecule has 0 aliphatic heterocycles. The summed E-state index contributed by atoms with van der Waals surface area (Å²) >= 11 is 1.12. The van der Waals surface area contributed by atoms with Crippen LogP contribution in [0.1, 0.15) is 37.6 Å². The lowest BCUT2D eigenvalue weighted by molar-refractivity contribution is 0.0526. The summed E-state index contributed by atoms with van der Waals surface area (Å²) in [6.45, 7) is 1.96. The van der Waals surface area contributed by atoms with Gasteiger partial charge in [-0.3, -0.25) is 9.59 Å². The largest absolute Gasteiger partial charge is 0.492 e. The van der Waals surface area contributed by atoms with Crippen LogP contribution >= 0.6 is 11.3 Å². The summed E-state index contributed by atoms with van der Waals surface area (Å²) in [4.78, 5) is 40.8. The Bertz CT molecular complexity index is 890. The minimum atomic E-state index is -0.515. The Morgan fingerprint density at radius 3 is 2.79 bits per heavy atom. The maximum atomic E-state index is 12.6. The molecule has 0 bridgehead atoms. The zero-order valence-electron chi connectivity index (χ0n) is 13.3. The van der Waals surface area contributed by atoms with Crippen molar-refractivity contribution >= 4 is 28.9 Å². The first-order valence-corrected chi connectivity index (χ1v) is 8.03. The van der Waals surface area contributed by atoms with Crippen LogP contribution in [0.15, 0.2) is 23.4 Å². The van der Waals surface area contributed by atoms with Gasteiger partial charge in [-0.1, -0.05) is 0 Å². The summed E-state index contributed by atoms with van der Waals surface area (Å²) in [6.07, 6.45) is 2.83. The van der Waals surface area contributed by atoms with Gasteiger partial charge in [0.05, 0.1) is 25.0 Å². The molecule has 1 aliphatic rings. The van der Waals surface area contributed by atoms with Crippen LogP contribution in [0.4, 0.5) is 0 Å². The van der Waals surface area contributed by atoms with Crippen molar-refractivity contribution in [3.63, 3.8) is 0 Å². The van der Waals surface area contributed by atoms with Crippen LogP contribution in [0.25, 0.3) is 11.3 Å². The van der Waals surface area contributed by atoms with E-state index in [1.807, 2.05) is 0 Å². The molecule has 0 atom stereocenters. The molecule has 1 aliphatic carbocycles. The second kappa shape index (κ2) is 6.04. The number of thiazole rings is 1. The van der Waals surface area contributed by atoms with Crippen LogP contribution in [-0.4, -0.2) is 40.8 Å². The Kier molecular flexibility index (Phi) is 4.06. The number of methoxy groups -OCH3 is 1. The van der Waals surface area contributed by atoms with E-state index in [0.717, 1.165) is 11.3 Å². The molecule has 0 unspecified atom stereocenters. The number of rotatable bonds is 4. The van der Waals surface area contributed by atoms with Crippen LogP contribution in [0.3, 0.4) is 0 Å². The van der Waals surface area contributed by atoms with E-state index in [4.69, 9.17) is 9.47 Å². The van der Waals surface area contributed by atoms with E-state index >= 15 is 0 Å². The Labute approximate surface area is 141 Å². The van der Waals surface area contributed by atoms with Gasteiger partial charge in [-0.2, -0.15) is 0 Å². The van der Waals surface area contributed by atoms with Crippen LogP contribution in [0.2, 0.25) is 0 Å². The van der Waals surface area contributed by atoms with Crippen molar-refractivity contribution in [2.75, 3.05) is 13.7 Å². The predicted octanol–water partition coefficient (Wildman–Crippen LogP) is 2.23. The quantitative estimate of drug-likeness (QED) is 0.789. The number of nitrogens with zero attached hydrogens (tertiary/aromatic N) is 2. The van der Waals surface area contributed by atoms with Crippen molar-refractivity contribution in [3.05, 3.63) is 39.7 Å². The first-order valence-electron chi connectivity index (χ1n) is 7.15. The normalized spacial score (nSPS) is 13.5. The monoisotopic (exact) mass is 346 g/mol. The number of hydrogen-bond donors (Lipinski definition) is 0. The van der Waals surface area contributed by atoms with Gasteiger partial charge in [0.1, 0.15) is 5.69 Å². The van der Waals surface area contributed by atoms with Crippen molar-refractivity contribution in [3.8, 4) is 11.3 Å². The van der Waals surface area contributed by atoms with Gasteiger partial charge in [-0.05, 0) is 6.92 Å². The Hall–Kier alpha value is -2.74. The molecular weight excluding hydrogens is 332 g/mol. The summed E-state index contributed by atoms with van der Waals surface area (Å²) < 4.78 is 11.5. The van der Waals surface area contributed by atoms with Gasteiger partial charge in [0.2, 0.25) is 16.6 Å². The molecule has 7 nitrogen and oxygen atoms in total. The van der Waals surface area contributed by atoms with E-state index in [1.165, 1.54) is 13.2 Å². The van der Waals surface area contributed by atoms with Gasteiger partial charge < -0.3 is 14.0 Å². The fraction of sp³-hybridized carbons (Fsp3) is 0.250. The van der Waals surface area contributed by atoms with Gasteiger partial charge in [0.25, 0.3) is 0 Å². The summed E-state index contributed by atoms with van der Waals surface area (Å²) in [5, 5.41) is 1.85. The van der Waals surface area contributed by atoms with Gasteiger partial charge in [0, 0.05) is 30.3 Å². The van der Waals surface area contributed by atoms with Crippen molar-refractivity contribution in [1.29, 1.82) is 0 Å². The highest BCUT2D eigenvalue weighted by Gasteiger charge is 2.33. The maximum absolute atomic E-state index is 12.6. The van der Waals surface area contributed by atoms with Crippen LogP contribution in [-0.2, 0) is 16.5 Å². The number of esters is 1. The van der Waals surface area contributed by atoms with Crippen molar-refractivity contribution < 1.29 is 23.9 Å². The maximum Gasteiger partial charge on any atom is 0.367 e. The third-order valence-corrected chi connectivity index (χ3v) is 4.40. The SMILES string of the molecule is CCOC(=O)c1nc(-c2cn(C)c3c2C(=O)C(OC)=CC3=O)cs1. The number of ether oxygens (including phenoxy) is 2. The Morgan fingerprint density at radius 2 is 2.12 bits per heavy atom. The number of ketones is 2. The number of carbonyl (C=O) groups excluding carboxylic acids is 3. The highest BCUT2D eigenvalue weighted by Crippen LogP contribution is 2.33. The van der Waals surface area contributed by atoms with E-state index in [0.29, 0.717) is 11.3 Å². The standard InChI is InChI=1S/C16H14N2O5S/c1-4-23-16(21)15-17-9(7-24-15)8-6-18(2)13-10(19)5-11(22-3)14(20)12(8)13/h5-7H,4H2,1-3H3. The van der Waals surface area contributed by atoms with Gasteiger partial charge in [-0.15, -0.1) is 11.3 Å². The molecule has 3 rings (SSSR count). The van der Waals surface area contributed by atoms with Gasteiger partial charge in [-0.25, -0.2) is 9.78 Å². The third kappa shape index (κ3) is 2.44. The molecule has 0 saturated heterocycles. The molecule has 124 valence electrons. The first-order chi connectivity index (χ1) is 11.5. The number of aryl methyl sites for hydroxylation is 1. The average Bonchev–Trinajstić information content (AvgIpc) is 3.16. The Morgan fingerprint density at radius 1 is 1.38 bits per heavy atom. The average molecular weight is 346 g/mol. The first kappa shape index (κ1) is 16.1. The molecule has 24 heavy (non-hydrogen) atoms. The number of carbonyl (C=O) groups is 3. The predicted molar refractivity (Wildman–Crippen MR) is 86.2 cm³/mol. The molecule has 0 N–H and O–H groups in total. The second-order valence-corrected chi connectivity index (χ2v) is 5.90. The highest BCUT2D eigenvalue weighted by atomic mass is 32.1. The van der Waals surface area contributed by atoms with E-state index in [1.54, 1.807) is 30.1 Å². The molecule has 0 saturated carbocycles. The number of hydrogen-bond acceptors (Lipinski definition) is 7. The van der Waals surface area contributed by atoms with Crippen molar-refractivity contribution in [2.24, 2.45) is 7.05 Å². The lowest BCUT2D eigenvalue weighted by Gasteiger charge is -2.12. The third-order valence-electron chi connectivity index (χ3n) is 3.58. The number of Topliss-reactive ketones (excluding diaryl/α,β-unsaturated/α-hetero) is 1. The molecule has 0 fully saturated rings. The summed E-state index contributed by atoms with van der Waals surface area (Å²) in [7, 11) is 3.02. The van der Waals surface area contributed by atoms with E-state index < -0.39 is 5.97 Å². The molecule has 2 heterocycles. The molecule has 0 spiro atoms. The molecule has 0 aromatic carbocycles. The zero-order chi connectivity index (χ0) is 17.4. The highest BCUT2D eigenvalue weighted by molar-refractivity contribution is 7.11. The number of aromatic nitrogens is 2. The summed E-state index contributed by atoms with van der Waals surface area (Å²) in [5.41, 5.74) is 1.45. The zero-order valence-corrected chi connectivity index (χ0v) is 14.1. The van der Waals surface area contributed by atoms with Gasteiger partial charge >= 0.3 is 5.97 Å². The Balaban J connectivity index is 2.10. The lowest BCUT2D eigenvalue weighted by Crippen LogP contribution is -2.19. The minimum absolute atomic E-state index is 0.0132. The topological polar surface area (TPSA) is 87.5 Å². The van der Waals surface area contributed by atoms with Crippen LogP contribution in [0.5, 0.6) is 0 Å². The molecule has 0 amide bonds. The van der Waals surface area contributed by atoms with E-state index in [-0.39, 0.29) is 40.2 Å². The molecular formula is C16H14N2O5S. The lowest BCUT2D eigenvalue weighted by atomic mass is 9.96. The smallest absolute Gasteiger partial charge is 0.367 e. The summed E-state index contributed by atoms with van der Waals surface area (Å²) in [5.74, 6) is -1.22. The van der Waals surface area contributed by atoms with Crippen LogP contribution in [0, 0.1) is 0 Å². The van der Waals surface area contributed by atoms with Gasteiger partial charge in [0.15, 0.2) is 5.76 Å². The second-order valence-electron chi connectivity index (χ2n) is 5.04. The minimum Gasteiger partial charge on any atom is -0.492 e. The summed E-state index contributed by atoms with van der Waals surface area (Å²) in [6, 6.07) is 0. The fourth-order valence-corrected chi connectivity index (χ4v) is 3.27. The molecule has 0 radical (unpaired) electrons. The van der Waals surface area contributed by atoms with E-state index in [2.05, 4.69) is 4.98 Å². The molecule has 8 heteroatoms.